The minimum absolute atomic E-state index is 0.0353. The second-order valence-electron chi connectivity index (χ2n) is 17.8. The van der Waals surface area contributed by atoms with Crippen molar-refractivity contribution in [2.75, 3.05) is 13.2 Å². The average Bonchev–Trinajstić information content (AvgIpc) is 4.09. The molecule has 4 bridgehead atoms. The molecule has 0 spiro atoms. The number of aryl methyl sites for hydroxylation is 1. The molecule has 1 aromatic carbocycles. The van der Waals surface area contributed by atoms with Crippen molar-refractivity contribution < 1.29 is 37.1 Å². The van der Waals surface area contributed by atoms with Crippen molar-refractivity contribution in [3.05, 3.63) is 48.7 Å². The van der Waals surface area contributed by atoms with Crippen LogP contribution in [0.2, 0.25) is 0 Å². The van der Waals surface area contributed by atoms with Gasteiger partial charge in [-0.05, 0) is 91.7 Å². The first-order chi connectivity index (χ1) is 26.3. The van der Waals surface area contributed by atoms with Crippen LogP contribution in [0.4, 0.5) is 0 Å². The minimum atomic E-state index is -3.84. The first kappa shape index (κ1) is 39.4. The monoisotopic (exact) mass is 775 g/mol. The number of carbonyl (C=O) groups is 4. The molecule has 3 saturated carbocycles. The number of esters is 1. The number of hydrogen-bond donors (Lipinski definition) is 1. The number of benzene rings is 1. The highest BCUT2D eigenvalue weighted by Gasteiger charge is 2.61. The summed E-state index contributed by atoms with van der Waals surface area (Å²) < 4.78 is 40.4. The Morgan fingerprint density at radius 3 is 2.53 bits per heavy atom. The number of ether oxygens (including phenoxy) is 2. The van der Waals surface area contributed by atoms with E-state index in [4.69, 9.17) is 9.47 Å². The molecule has 2 aromatic rings. The number of nitrogens with zero attached hydrogens (tertiary/aromatic N) is 2. The van der Waals surface area contributed by atoms with Crippen LogP contribution in [-0.2, 0) is 40.4 Å². The number of ketones is 1. The van der Waals surface area contributed by atoms with Crippen molar-refractivity contribution in [1.29, 1.82) is 0 Å². The van der Waals surface area contributed by atoms with E-state index in [1.807, 2.05) is 6.07 Å². The number of pyridine rings is 1. The lowest BCUT2D eigenvalue weighted by atomic mass is 9.77. The lowest BCUT2D eigenvalue weighted by Crippen LogP contribution is -2.48. The summed E-state index contributed by atoms with van der Waals surface area (Å²) in [6.07, 6.45) is 13.4. The zero-order valence-corrected chi connectivity index (χ0v) is 33.2. The van der Waals surface area contributed by atoms with E-state index >= 15 is 0 Å². The number of Topliss-reactive ketones (excluding diaryl/α,β-unsaturated/α-hetero) is 1. The zero-order chi connectivity index (χ0) is 39.0. The number of rotatable bonds is 8. The number of carbonyl (C=O) groups excluding carboxylic acids is 4. The number of nitrogens with one attached hydrogen (secondary N) is 1. The van der Waals surface area contributed by atoms with Gasteiger partial charge in [0, 0.05) is 24.4 Å². The van der Waals surface area contributed by atoms with Crippen molar-refractivity contribution in [3.63, 3.8) is 0 Å². The van der Waals surface area contributed by atoms with Crippen LogP contribution >= 0.6 is 0 Å². The van der Waals surface area contributed by atoms with E-state index in [0.717, 1.165) is 75.0 Å². The summed E-state index contributed by atoms with van der Waals surface area (Å²) in [7, 11) is -3.84. The molecule has 4 fully saturated rings. The van der Waals surface area contributed by atoms with Crippen LogP contribution in [0.5, 0.6) is 5.88 Å². The number of aromatic nitrogens is 1. The molecular weight excluding hydrogens is 719 g/mol. The molecule has 1 N–H and O–H groups in total. The Kier molecular flexibility index (Phi) is 11.5. The van der Waals surface area contributed by atoms with E-state index < -0.39 is 50.6 Å². The minimum Gasteiger partial charge on any atom is -0.472 e. The third kappa shape index (κ3) is 8.94. The molecule has 2 aliphatic heterocycles. The van der Waals surface area contributed by atoms with Crippen molar-refractivity contribution in [2.45, 2.75) is 134 Å². The molecule has 2 amide bonds. The highest BCUT2D eigenvalue weighted by atomic mass is 32.2. The molecule has 11 nitrogen and oxygen atoms in total. The summed E-state index contributed by atoms with van der Waals surface area (Å²) in [6.45, 7) is 8.46. The van der Waals surface area contributed by atoms with Crippen molar-refractivity contribution in [1.82, 2.24) is 14.6 Å². The topological polar surface area (TPSA) is 149 Å². The van der Waals surface area contributed by atoms with Gasteiger partial charge in [0.1, 0.15) is 6.10 Å². The predicted octanol–water partition coefficient (Wildman–Crippen LogP) is 6.62. The maximum Gasteiger partial charge on any atom is 0.306 e. The molecule has 0 radical (unpaired) electrons. The molecule has 298 valence electrons. The van der Waals surface area contributed by atoms with Crippen molar-refractivity contribution in [2.24, 2.45) is 28.6 Å². The first-order valence-corrected chi connectivity index (χ1v) is 22.0. The summed E-state index contributed by atoms with van der Waals surface area (Å²) in [4.78, 5) is 62.9. The fourth-order valence-electron chi connectivity index (χ4n) is 9.24. The van der Waals surface area contributed by atoms with Gasteiger partial charge in [0.15, 0.2) is 5.78 Å². The molecule has 1 aromatic heterocycles. The Morgan fingerprint density at radius 1 is 1.04 bits per heavy atom. The number of sulfonamides is 1. The summed E-state index contributed by atoms with van der Waals surface area (Å²) in [5.74, 6) is -2.35. The van der Waals surface area contributed by atoms with Gasteiger partial charge < -0.3 is 14.4 Å². The van der Waals surface area contributed by atoms with Gasteiger partial charge in [-0.15, -0.1) is 6.58 Å². The Hall–Kier alpha value is -3.80. The fraction of sp³-hybridized carbons (Fsp3) is 0.651. The van der Waals surface area contributed by atoms with Crippen LogP contribution in [0.25, 0.3) is 10.8 Å². The molecule has 3 aliphatic carbocycles. The Labute approximate surface area is 325 Å². The van der Waals surface area contributed by atoms with Gasteiger partial charge in [0.05, 0.1) is 42.2 Å². The molecule has 5 atom stereocenters. The Morgan fingerprint density at radius 2 is 1.80 bits per heavy atom. The summed E-state index contributed by atoms with van der Waals surface area (Å²) in [6, 6.07) is 7.34. The van der Waals surface area contributed by atoms with E-state index in [1.165, 1.54) is 5.56 Å². The van der Waals surface area contributed by atoms with Gasteiger partial charge in [0.25, 0.3) is 0 Å². The second kappa shape index (κ2) is 16.0. The van der Waals surface area contributed by atoms with E-state index in [9.17, 15) is 27.6 Å². The smallest absolute Gasteiger partial charge is 0.306 e. The van der Waals surface area contributed by atoms with Crippen LogP contribution in [0, 0.1) is 28.6 Å². The number of fused-ring (bicyclic) bond motifs is 3. The van der Waals surface area contributed by atoms with Gasteiger partial charge in [-0.25, -0.2) is 13.4 Å². The van der Waals surface area contributed by atoms with Crippen LogP contribution in [0.3, 0.4) is 0 Å². The normalized spacial score (nSPS) is 29.6. The molecular formula is C43H57N3O8S. The van der Waals surface area contributed by atoms with E-state index in [-0.39, 0.29) is 61.4 Å². The van der Waals surface area contributed by atoms with Crippen molar-refractivity contribution >= 4 is 44.4 Å². The fourth-order valence-corrected chi connectivity index (χ4v) is 10.6. The maximum atomic E-state index is 14.9. The molecule has 0 unspecified atom stereocenters. The van der Waals surface area contributed by atoms with Crippen LogP contribution in [0.1, 0.15) is 116 Å². The van der Waals surface area contributed by atoms with Gasteiger partial charge in [-0.1, -0.05) is 64.2 Å². The first-order valence-electron chi connectivity index (χ1n) is 20.5. The average molecular weight is 776 g/mol. The second-order valence-corrected chi connectivity index (χ2v) is 19.7. The Balaban J connectivity index is 1.21. The van der Waals surface area contributed by atoms with Gasteiger partial charge in [-0.2, -0.15) is 0 Å². The number of amides is 2. The van der Waals surface area contributed by atoms with Gasteiger partial charge in [0.2, 0.25) is 27.7 Å². The number of cyclic esters (lactones) is 1. The number of allylic oxidation sites excluding steroid dienone is 1. The predicted molar refractivity (Wildman–Crippen MR) is 208 cm³/mol. The molecule has 7 rings (SSSR count). The molecule has 5 aliphatic rings. The van der Waals surface area contributed by atoms with Crippen LogP contribution in [0.15, 0.2) is 43.1 Å². The zero-order valence-electron chi connectivity index (χ0n) is 32.4. The van der Waals surface area contributed by atoms with E-state index in [0.29, 0.717) is 25.1 Å². The van der Waals surface area contributed by atoms with E-state index in [2.05, 4.69) is 48.3 Å². The summed E-state index contributed by atoms with van der Waals surface area (Å²) in [5.41, 5.74) is -0.299. The lowest BCUT2D eigenvalue weighted by molar-refractivity contribution is -0.154. The van der Waals surface area contributed by atoms with Crippen LogP contribution in [-0.4, -0.2) is 72.4 Å². The van der Waals surface area contributed by atoms with Gasteiger partial charge >= 0.3 is 5.97 Å². The largest absolute Gasteiger partial charge is 0.472 e. The summed E-state index contributed by atoms with van der Waals surface area (Å²) >= 11 is 0. The third-order valence-electron chi connectivity index (χ3n) is 12.9. The molecule has 3 heterocycles. The lowest BCUT2D eigenvalue weighted by Gasteiger charge is -2.34. The van der Waals surface area contributed by atoms with Crippen LogP contribution < -0.4 is 9.46 Å². The standard InChI is InChI=1S/C43H57N3O8S/c1-4-31-24-43(31,41(50)45-55(51,52)33-16-17-33)25-37(47)36-22-32-26-46(36)40(49)35(29-12-8-5-9-13-29)23-38(48)53-27-42(2,3)19-10-6-7-11-28-14-15-30-18-20-44-39(54-32)34(30)21-28/h4,14-15,18,20-21,29,31-33,35-36H,1,5-13,16-17,19,22-27H2,2-3H3,(H,45,50)/t31-,32+,35-,36-,43+/m0/s1. The maximum absolute atomic E-state index is 14.9. The Bertz CT molecular complexity index is 1920. The summed E-state index contributed by atoms with van der Waals surface area (Å²) in [5, 5.41) is 1.25. The van der Waals surface area contributed by atoms with Crippen molar-refractivity contribution in [3.8, 4) is 5.88 Å². The third-order valence-corrected chi connectivity index (χ3v) is 14.7. The van der Waals surface area contributed by atoms with E-state index in [1.54, 1.807) is 17.2 Å². The molecule has 12 heteroatoms. The molecule has 1 saturated heterocycles. The SMILES string of the molecule is C=C[C@H]1C[C@]1(CC(=O)[C@@H]1C[C@@H]2CN1C(=O)[C@H](C1CCCCC1)CC(=O)OCC(C)(C)CCCCCc1ccc3ccnc(c3c1)O2)C(=O)NS(=O)(=O)C1CC1. The highest BCUT2D eigenvalue weighted by molar-refractivity contribution is 7.90. The number of hydrogen-bond acceptors (Lipinski definition) is 9. The van der Waals surface area contributed by atoms with Gasteiger partial charge in [-0.3, -0.25) is 23.9 Å². The highest BCUT2D eigenvalue weighted by Crippen LogP contribution is 2.57. The molecule has 55 heavy (non-hydrogen) atoms. The quantitative estimate of drug-likeness (QED) is 0.231.